The van der Waals surface area contributed by atoms with Gasteiger partial charge in [0.05, 0.1) is 30.1 Å². The first kappa shape index (κ1) is 22.1. The summed E-state index contributed by atoms with van der Waals surface area (Å²) in [6, 6.07) is 7.03. The standard InChI is InChI=1S/C22H33N3O3/c1-5-6-7-8-9-14-20(26)24(3)17(2)21-23-19-13-11-10-12-18(19)22(27)25(21)15-16-28-4/h10-13,17H,5-9,14-16H2,1-4H3. The molecule has 1 unspecified atom stereocenters. The van der Waals surface area contributed by atoms with Gasteiger partial charge in [0.15, 0.2) is 0 Å². The molecule has 154 valence electrons. The molecule has 2 rings (SSSR count). The predicted molar refractivity (Wildman–Crippen MR) is 112 cm³/mol. The summed E-state index contributed by atoms with van der Waals surface area (Å²) in [6.45, 7) is 4.93. The van der Waals surface area contributed by atoms with Crippen molar-refractivity contribution in [3.63, 3.8) is 0 Å². The molecule has 1 amide bonds. The van der Waals surface area contributed by atoms with E-state index in [-0.39, 0.29) is 17.5 Å². The molecule has 28 heavy (non-hydrogen) atoms. The second-order valence-corrected chi connectivity index (χ2v) is 7.28. The smallest absolute Gasteiger partial charge is 0.261 e. The Morgan fingerprint density at radius 1 is 1.21 bits per heavy atom. The van der Waals surface area contributed by atoms with Crippen LogP contribution >= 0.6 is 0 Å². The number of hydrogen-bond acceptors (Lipinski definition) is 4. The number of hydrogen-bond donors (Lipinski definition) is 0. The SMILES string of the molecule is CCCCCCCC(=O)N(C)C(C)c1nc2ccccc2c(=O)n1CCOC. The maximum Gasteiger partial charge on any atom is 0.261 e. The van der Waals surface area contributed by atoms with Gasteiger partial charge in [0, 0.05) is 20.6 Å². The molecule has 0 aliphatic rings. The van der Waals surface area contributed by atoms with Crippen LogP contribution in [0.15, 0.2) is 29.1 Å². The molecule has 0 fully saturated rings. The summed E-state index contributed by atoms with van der Waals surface area (Å²) in [7, 11) is 3.40. The molecular weight excluding hydrogens is 354 g/mol. The van der Waals surface area contributed by atoms with Crippen LogP contribution in [0.3, 0.4) is 0 Å². The number of amides is 1. The third-order valence-electron chi connectivity index (χ3n) is 5.25. The van der Waals surface area contributed by atoms with Gasteiger partial charge in [0.25, 0.3) is 5.56 Å². The Morgan fingerprint density at radius 3 is 2.64 bits per heavy atom. The summed E-state index contributed by atoms with van der Waals surface area (Å²) in [4.78, 5) is 32.1. The van der Waals surface area contributed by atoms with E-state index in [0.29, 0.717) is 36.3 Å². The first-order chi connectivity index (χ1) is 13.5. The highest BCUT2D eigenvalue weighted by Crippen LogP contribution is 2.20. The summed E-state index contributed by atoms with van der Waals surface area (Å²) < 4.78 is 6.81. The largest absolute Gasteiger partial charge is 0.383 e. The van der Waals surface area contributed by atoms with E-state index in [1.807, 2.05) is 25.1 Å². The van der Waals surface area contributed by atoms with Crippen LogP contribution in [0.5, 0.6) is 0 Å². The van der Waals surface area contributed by atoms with E-state index in [2.05, 4.69) is 6.92 Å². The molecule has 0 saturated carbocycles. The van der Waals surface area contributed by atoms with Crippen LogP contribution < -0.4 is 5.56 Å². The molecule has 0 bridgehead atoms. The van der Waals surface area contributed by atoms with Crippen LogP contribution in [0, 0.1) is 0 Å². The van der Waals surface area contributed by atoms with Crippen LogP contribution in [-0.4, -0.2) is 41.1 Å². The maximum absolute atomic E-state index is 13.0. The summed E-state index contributed by atoms with van der Waals surface area (Å²) >= 11 is 0. The topological polar surface area (TPSA) is 64.4 Å². The Morgan fingerprint density at radius 2 is 1.93 bits per heavy atom. The van der Waals surface area contributed by atoms with E-state index in [1.54, 1.807) is 29.7 Å². The fraction of sp³-hybridized carbons (Fsp3) is 0.591. The summed E-state index contributed by atoms with van der Waals surface area (Å²) in [6.07, 6.45) is 6.09. The van der Waals surface area contributed by atoms with E-state index in [0.717, 1.165) is 12.8 Å². The number of rotatable bonds is 11. The summed E-state index contributed by atoms with van der Waals surface area (Å²) in [5.41, 5.74) is 0.563. The second kappa shape index (κ2) is 11.0. The van der Waals surface area contributed by atoms with E-state index in [9.17, 15) is 9.59 Å². The van der Waals surface area contributed by atoms with Crippen molar-refractivity contribution in [1.82, 2.24) is 14.5 Å². The van der Waals surface area contributed by atoms with Gasteiger partial charge >= 0.3 is 0 Å². The molecule has 0 saturated heterocycles. The van der Waals surface area contributed by atoms with Crippen LogP contribution in [0.25, 0.3) is 10.9 Å². The van der Waals surface area contributed by atoms with Crippen LogP contribution in [0.2, 0.25) is 0 Å². The van der Waals surface area contributed by atoms with Gasteiger partial charge in [0.1, 0.15) is 5.82 Å². The predicted octanol–water partition coefficient (Wildman–Crippen LogP) is 3.92. The molecule has 0 aliphatic heterocycles. The number of aromatic nitrogens is 2. The van der Waals surface area contributed by atoms with Crippen LogP contribution in [0.1, 0.15) is 64.2 Å². The maximum atomic E-state index is 13.0. The summed E-state index contributed by atoms with van der Waals surface area (Å²) in [5, 5.41) is 0.583. The number of carbonyl (C=O) groups is 1. The van der Waals surface area contributed by atoms with Crippen LogP contribution in [-0.2, 0) is 16.1 Å². The van der Waals surface area contributed by atoms with E-state index >= 15 is 0 Å². The highest BCUT2D eigenvalue weighted by molar-refractivity contribution is 5.78. The van der Waals surface area contributed by atoms with Crippen molar-refractivity contribution in [2.75, 3.05) is 20.8 Å². The third-order valence-corrected chi connectivity index (χ3v) is 5.25. The van der Waals surface area contributed by atoms with E-state index < -0.39 is 0 Å². The van der Waals surface area contributed by atoms with Gasteiger partial charge in [-0.25, -0.2) is 4.98 Å². The molecule has 1 heterocycles. The Labute approximate surface area is 167 Å². The lowest BCUT2D eigenvalue weighted by Gasteiger charge is -2.27. The van der Waals surface area contributed by atoms with Gasteiger partial charge in [-0.2, -0.15) is 0 Å². The van der Waals surface area contributed by atoms with Crippen molar-refractivity contribution in [3.05, 3.63) is 40.4 Å². The molecule has 1 atom stereocenters. The van der Waals surface area contributed by atoms with Gasteiger partial charge < -0.3 is 9.64 Å². The number of fused-ring (bicyclic) bond motifs is 1. The number of methoxy groups -OCH3 is 1. The van der Waals surface area contributed by atoms with Crippen LogP contribution in [0.4, 0.5) is 0 Å². The van der Waals surface area contributed by atoms with Gasteiger partial charge in [-0.15, -0.1) is 0 Å². The Balaban J connectivity index is 2.23. The highest BCUT2D eigenvalue weighted by atomic mass is 16.5. The quantitative estimate of drug-likeness (QED) is 0.548. The monoisotopic (exact) mass is 387 g/mol. The zero-order valence-electron chi connectivity index (χ0n) is 17.6. The van der Waals surface area contributed by atoms with Crippen molar-refractivity contribution in [3.8, 4) is 0 Å². The molecule has 0 radical (unpaired) electrons. The lowest BCUT2D eigenvalue weighted by molar-refractivity contribution is -0.132. The number of carbonyl (C=O) groups excluding carboxylic acids is 1. The molecule has 1 aromatic carbocycles. The summed E-state index contributed by atoms with van der Waals surface area (Å²) in [5.74, 6) is 0.687. The molecule has 6 heteroatoms. The van der Waals surface area contributed by atoms with Crippen molar-refractivity contribution in [2.45, 2.75) is 65.0 Å². The molecular formula is C22H33N3O3. The normalized spacial score (nSPS) is 12.3. The Hall–Kier alpha value is -2.21. The van der Waals surface area contributed by atoms with E-state index in [4.69, 9.17) is 9.72 Å². The van der Waals surface area contributed by atoms with Gasteiger partial charge in [-0.1, -0.05) is 44.7 Å². The number of ether oxygens (including phenoxy) is 1. The van der Waals surface area contributed by atoms with Crippen molar-refractivity contribution < 1.29 is 9.53 Å². The average Bonchev–Trinajstić information content (AvgIpc) is 2.71. The first-order valence-electron chi connectivity index (χ1n) is 10.2. The Kier molecular flexibility index (Phi) is 8.64. The molecule has 0 aliphatic carbocycles. The number of para-hydroxylation sites is 1. The molecule has 6 nitrogen and oxygen atoms in total. The second-order valence-electron chi connectivity index (χ2n) is 7.28. The first-order valence-corrected chi connectivity index (χ1v) is 10.2. The highest BCUT2D eigenvalue weighted by Gasteiger charge is 2.23. The van der Waals surface area contributed by atoms with E-state index in [1.165, 1.54) is 19.3 Å². The number of benzene rings is 1. The Bertz CT molecular complexity index is 831. The number of nitrogens with zero attached hydrogens (tertiary/aromatic N) is 3. The number of unbranched alkanes of at least 4 members (excludes halogenated alkanes) is 4. The molecule has 2 aromatic rings. The lowest BCUT2D eigenvalue weighted by atomic mass is 10.1. The van der Waals surface area contributed by atoms with Crippen molar-refractivity contribution >= 4 is 16.8 Å². The average molecular weight is 388 g/mol. The third kappa shape index (κ3) is 5.41. The van der Waals surface area contributed by atoms with Crippen molar-refractivity contribution in [2.24, 2.45) is 0 Å². The fourth-order valence-electron chi connectivity index (χ4n) is 3.35. The lowest BCUT2D eigenvalue weighted by Crippen LogP contribution is -2.35. The minimum atomic E-state index is -0.294. The van der Waals surface area contributed by atoms with Gasteiger partial charge in [-0.3, -0.25) is 14.2 Å². The minimum Gasteiger partial charge on any atom is -0.383 e. The molecule has 0 spiro atoms. The minimum absolute atomic E-state index is 0.0877. The molecule has 1 aromatic heterocycles. The zero-order valence-corrected chi connectivity index (χ0v) is 17.6. The van der Waals surface area contributed by atoms with Gasteiger partial charge in [0.2, 0.25) is 5.91 Å². The fourth-order valence-corrected chi connectivity index (χ4v) is 3.35. The van der Waals surface area contributed by atoms with Gasteiger partial charge in [-0.05, 0) is 25.5 Å². The molecule has 0 N–H and O–H groups in total. The zero-order chi connectivity index (χ0) is 20.5. The van der Waals surface area contributed by atoms with Crippen molar-refractivity contribution in [1.29, 1.82) is 0 Å².